The third-order valence-electron chi connectivity index (χ3n) is 3.37. The smallest absolute Gasteiger partial charge is 0.233 e. The first-order valence-electron chi connectivity index (χ1n) is 6.10. The quantitative estimate of drug-likeness (QED) is 0.854. The zero-order valence-corrected chi connectivity index (χ0v) is 10.5. The van der Waals surface area contributed by atoms with Gasteiger partial charge in [0.2, 0.25) is 5.88 Å². The molecule has 1 aliphatic heterocycles. The molecule has 2 heterocycles. The summed E-state index contributed by atoms with van der Waals surface area (Å²) in [5, 5.41) is 0. The molecule has 1 aromatic rings. The fourth-order valence-electron chi connectivity index (χ4n) is 2.49. The summed E-state index contributed by atoms with van der Waals surface area (Å²) in [6.07, 6.45) is 6.94. The van der Waals surface area contributed by atoms with Crippen LogP contribution in [-0.2, 0) is 0 Å². The number of piperidine rings is 1. The van der Waals surface area contributed by atoms with Gasteiger partial charge in [-0.3, -0.25) is 4.98 Å². The SMILES string of the molecule is COc1cncc(N2C(C)CCCC2CN)n1. The number of ether oxygens (including phenoxy) is 1. The monoisotopic (exact) mass is 236 g/mol. The van der Waals surface area contributed by atoms with E-state index in [9.17, 15) is 0 Å². The molecule has 0 radical (unpaired) electrons. The molecule has 1 aliphatic rings. The second kappa shape index (κ2) is 5.31. The van der Waals surface area contributed by atoms with Crippen molar-refractivity contribution in [1.29, 1.82) is 0 Å². The minimum Gasteiger partial charge on any atom is -0.480 e. The van der Waals surface area contributed by atoms with Gasteiger partial charge in [0, 0.05) is 18.6 Å². The summed E-state index contributed by atoms with van der Waals surface area (Å²) < 4.78 is 5.12. The van der Waals surface area contributed by atoms with Gasteiger partial charge < -0.3 is 15.4 Å². The predicted molar refractivity (Wildman–Crippen MR) is 67.2 cm³/mol. The molecule has 0 bridgehead atoms. The van der Waals surface area contributed by atoms with E-state index in [1.54, 1.807) is 19.5 Å². The van der Waals surface area contributed by atoms with Gasteiger partial charge in [0.25, 0.3) is 0 Å². The Kier molecular flexibility index (Phi) is 3.78. The van der Waals surface area contributed by atoms with Crippen LogP contribution in [0.4, 0.5) is 5.82 Å². The van der Waals surface area contributed by atoms with Crippen LogP contribution in [0.25, 0.3) is 0 Å². The minimum atomic E-state index is 0.361. The number of methoxy groups -OCH3 is 1. The van der Waals surface area contributed by atoms with E-state index in [-0.39, 0.29) is 0 Å². The highest BCUT2D eigenvalue weighted by molar-refractivity contribution is 5.41. The average molecular weight is 236 g/mol. The number of nitrogens with zero attached hydrogens (tertiary/aromatic N) is 3. The molecule has 17 heavy (non-hydrogen) atoms. The van der Waals surface area contributed by atoms with E-state index in [0.717, 1.165) is 12.2 Å². The standard InChI is InChI=1S/C12H20N4O/c1-9-4-3-5-10(6-13)16(9)11-7-14-8-12(15-11)17-2/h7-10H,3-6,13H2,1-2H3. The predicted octanol–water partition coefficient (Wildman–Crippen LogP) is 1.19. The van der Waals surface area contributed by atoms with Crippen LogP contribution in [-0.4, -0.2) is 35.7 Å². The van der Waals surface area contributed by atoms with E-state index in [2.05, 4.69) is 21.8 Å². The van der Waals surface area contributed by atoms with E-state index < -0.39 is 0 Å². The first-order valence-corrected chi connectivity index (χ1v) is 6.10. The van der Waals surface area contributed by atoms with Crippen molar-refractivity contribution in [1.82, 2.24) is 9.97 Å². The molecule has 94 valence electrons. The van der Waals surface area contributed by atoms with Crippen molar-refractivity contribution in [2.45, 2.75) is 38.3 Å². The molecule has 1 aromatic heterocycles. The molecule has 0 saturated carbocycles. The van der Waals surface area contributed by atoms with Gasteiger partial charge in [-0.05, 0) is 26.2 Å². The van der Waals surface area contributed by atoms with Crippen LogP contribution in [0.1, 0.15) is 26.2 Å². The highest BCUT2D eigenvalue weighted by Crippen LogP contribution is 2.27. The van der Waals surface area contributed by atoms with E-state index in [0.29, 0.717) is 24.5 Å². The lowest BCUT2D eigenvalue weighted by Gasteiger charge is -2.41. The Morgan fingerprint density at radius 2 is 2.29 bits per heavy atom. The summed E-state index contributed by atoms with van der Waals surface area (Å²) >= 11 is 0. The fourth-order valence-corrected chi connectivity index (χ4v) is 2.49. The lowest BCUT2D eigenvalue weighted by molar-refractivity contribution is 0.381. The molecule has 0 amide bonds. The Morgan fingerprint density at radius 1 is 1.47 bits per heavy atom. The highest BCUT2D eigenvalue weighted by Gasteiger charge is 2.28. The Labute approximate surface area is 102 Å². The minimum absolute atomic E-state index is 0.361. The number of anilines is 1. The summed E-state index contributed by atoms with van der Waals surface area (Å²) in [7, 11) is 1.61. The van der Waals surface area contributed by atoms with Crippen LogP contribution in [0.3, 0.4) is 0 Å². The van der Waals surface area contributed by atoms with Crippen molar-refractivity contribution in [3.63, 3.8) is 0 Å². The summed E-state index contributed by atoms with van der Waals surface area (Å²) in [6, 6.07) is 0.818. The van der Waals surface area contributed by atoms with E-state index in [1.165, 1.54) is 12.8 Å². The van der Waals surface area contributed by atoms with Gasteiger partial charge in [-0.25, -0.2) is 0 Å². The molecule has 0 spiro atoms. The Hall–Kier alpha value is -1.36. The van der Waals surface area contributed by atoms with Gasteiger partial charge in [-0.1, -0.05) is 0 Å². The largest absolute Gasteiger partial charge is 0.480 e. The van der Waals surface area contributed by atoms with Gasteiger partial charge in [-0.15, -0.1) is 0 Å². The Balaban J connectivity index is 2.27. The molecule has 2 rings (SSSR count). The maximum atomic E-state index is 5.84. The topological polar surface area (TPSA) is 64.3 Å². The van der Waals surface area contributed by atoms with Crippen LogP contribution < -0.4 is 15.4 Å². The zero-order chi connectivity index (χ0) is 12.3. The summed E-state index contributed by atoms with van der Waals surface area (Å²) in [5.41, 5.74) is 5.84. The summed E-state index contributed by atoms with van der Waals surface area (Å²) in [6.45, 7) is 2.87. The third-order valence-corrected chi connectivity index (χ3v) is 3.37. The fraction of sp³-hybridized carbons (Fsp3) is 0.667. The van der Waals surface area contributed by atoms with Crippen LogP contribution in [0.15, 0.2) is 12.4 Å². The molecule has 2 atom stereocenters. The number of hydrogen-bond donors (Lipinski definition) is 1. The van der Waals surface area contributed by atoms with Crippen molar-refractivity contribution in [2.24, 2.45) is 5.73 Å². The number of hydrogen-bond acceptors (Lipinski definition) is 5. The zero-order valence-electron chi connectivity index (χ0n) is 10.5. The van der Waals surface area contributed by atoms with Crippen molar-refractivity contribution >= 4 is 5.82 Å². The molecule has 2 N–H and O–H groups in total. The molecule has 0 aliphatic carbocycles. The van der Waals surface area contributed by atoms with Crippen molar-refractivity contribution in [3.8, 4) is 5.88 Å². The molecule has 5 nitrogen and oxygen atoms in total. The molecular weight excluding hydrogens is 216 g/mol. The Morgan fingerprint density at radius 3 is 3.00 bits per heavy atom. The summed E-state index contributed by atoms with van der Waals surface area (Å²) in [5.74, 6) is 1.42. The first-order chi connectivity index (χ1) is 8.26. The van der Waals surface area contributed by atoms with Gasteiger partial charge in [-0.2, -0.15) is 4.98 Å². The molecule has 0 aromatic carbocycles. The van der Waals surface area contributed by atoms with Crippen LogP contribution >= 0.6 is 0 Å². The Bertz CT molecular complexity index is 371. The van der Waals surface area contributed by atoms with E-state index >= 15 is 0 Å². The van der Waals surface area contributed by atoms with Crippen LogP contribution in [0, 0.1) is 0 Å². The van der Waals surface area contributed by atoms with Crippen LogP contribution in [0.5, 0.6) is 5.88 Å². The van der Waals surface area contributed by atoms with Crippen molar-refractivity contribution < 1.29 is 4.74 Å². The second-order valence-corrected chi connectivity index (χ2v) is 4.50. The van der Waals surface area contributed by atoms with E-state index in [1.807, 2.05) is 0 Å². The van der Waals surface area contributed by atoms with Crippen molar-refractivity contribution in [3.05, 3.63) is 12.4 Å². The number of rotatable bonds is 3. The molecule has 1 saturated heterocycles. The van der Waals surface area contributed by atoms with Gasteiger partial charge in [0.15, 0.2) is 5.82 Å². The van der Waals surface area contributed by atoms with Crippen LogP contribution in [0.2, 0.25) is 0 Å². The maximum Gasteiger partial charge on any atom is 0.233 e. The molecular formula is C12H20N4O. The number of aromatic nitrogens is 2. The molecule has 2 unspecified atom stereocenters. The summed E-state index contributed by atoms with van der Waals surface area (Å²) in [4.78, 5) is 10.9. The molecule has 5 heteroatoms. The van der Waals surface area contributed by atoms with Gasteiger partial charge in [0.1, 0.15) is 0 Å². The maximum absolute atomic E-state index is 5.84. The first kappa shape index (κ1) is 12.1. The molecule has 1 fully saturated rings. The lowest BCUT2D eigenvalue weighted by atomic mass is 9.96. The van der Waals surface area contributed by atoms with Gasteiger partial charge in [0.05, 0.1) is 19.5 Å². The van der Waals surface area contributed by atoms with Crippen molar-refractivity contribution in [2.75, 3.05) is 18.6 Å². The second-order valence-electron chi connectivity index (χ2n) is 4.50. The van der Waals surface area contributed by atoms with Gasteiger partial charge >= 0.3 is 0 Å². The average Bonchev–Trinajstić information content (AvgIpc) is 2.38. The lowest BCUT2D eigenvalue weighted by Crippen LogP contribution is -2.49. The number of nitrogens with two attached hydrogens (primary N) is 1. The normalized spacial score (nSPS) is 24.8. The highest BCUT2D eigenvalue weighted by atomic mass is 16.5. The van der Waals surface area contributed by atoms with E-state index in [4.69, 9.17) is 10.5 Å². The third kappa shape index (κ3) is 2.49.